The van der Waals surface area contributed by atoms with E-state index < -0.39 is 0 Å². The number of aromatic nitrogens is 2. The molecule has 0 amide bonds. The Labute approximate surface area is 138 Å². The molecule has 1 aromatic heterocycles. The van der Waals surface area contributed by atoms with Crippen LogP contribution in [0.2, 0.25) is 0 Å². The van der Waals surface area contributed by atoms with Crippen LogP contribution in [0.4, 0.5) is 5.95 Å². The van der Waals surface area contributed by atoms with Crippen molar-refractivity contribution in [1.29, 1.82) is 0 Å². The Balaban J connectivity index is 1.90. The second-order valence-corrected chi connectivity index (χ2v) is 5.76. The van der Waals surface area contributed by atoms with Crippen LogP contribution >= 0.6 is 0 Å². The van der Waals surface area contributed by atoms with Crippen LogP contribution < -0.4 is 11.0 Å². The lowest BCUT2D eigenvalue weighted by Crippen LogP contribution is -2.12. The summed E-state index contributed by atoms with van der Waals surface area (Å²) in [4.78, 5) is 18.5. The summed E-state index contributed by atoms with van der Waals surface area (Å²) in [6, 6.07) is 12.7. The molecule has 3 N–H and O–H groups in total. The number of aromatic amines is 1. The lowest BCUT2D eigenvalue weighted by molar-refractivity contribution is 0.475. The first kappa shape index (κ1) is 15.7. The first-order valence-electron chi connectivity index (χ1n) is 7.65. The number of nitrogens with one attached hydrogen (secondary N) is 2. The molecular weight excluding hydrogens is 304 g/mol. The molecule has 1 heterocycles. The third kappa shape index (κ3) is 3.27. The van der Waals surface area contributed by atoms with Gasteiger partial charge in [0, 0.05) is 11.6 Å². The van der Waals surface area contributed by atoms with Gasteiger partial charge in [0.05, 0.1) is 11.9 Å². The Bertz CT molecular complexity index is 961. The second-order valence-electron chi connectivity index (χ2n) is 5.76. The fourth-order valence-electron chi connectivity index (χ4n) is 2.40. The largest absolute Gasteiger partial charge is 0.507 e. The molecule has 0 unspecified atom stereocenters. The van der Waals surface area contributed by atoms with Crippen molar-refractivity contribution in [3.8, 4) is 5.75 Å². The van der Waals surface area contributed by atoms with Crippen molar-refractivity contribution >= 4 is 22.9 Å². The lowest BCUT2D eigenvalue weighted by Gasteiger charge is -2.06. The van der Waals surface area contributed by atoms with Gasteiger partial charge >= 0.3 is 0 Å². The minimum absolute atomic E-state index is 0.136. The van der Waals surface area contributed by atoms with E-state index in [9.17, 15) is 9.90 Å². The molecule has 2 aromatic carbocycles. The summed E-state index contributed by atoms with van der Waals surface area (Å²) in [5.41, 5.74) is 3.76. The van der Waals surface area contributed by atoms with E-state index in [-0.39, 0.29) is 23.2 Å². The van der Waals surface area contributed by atoms with E-state index in [1.165, 1.54) is 12.3 Å². The molecule has 0 atom stereocenters. The number of phenolic OH excluding ortho intramolecular Hbond substituents is 1. The fraction of sp³-hybridized carbons (Fsp3) is 0.167. The van der Waals surface area contributed by atoms with E-state index >= 15 is 0 Å². The zero-order chi connectivity index (χ0) is 17.1. The molecule has 0 aliphatic rings. The Hall–Kier alpha value is -3.15. The van der Waals surface area contributed by atoms with Crippen molar-refractivity contribution < 1.29 is 5.11 Å². The van der Waals surface area contributed by atoms with Crippen LogP contribution in [0.3, 0.4) is 0 Å². The zero-order valence-corrected chi connectivity index (χ0v) is 13.4. The van der Waals surface area contributed by atoms with Crippen molar-refractivity contribution in [2.45, 2.75) is 19.8 Å². The van der Waals surface area contributed by atoms with Crippen LogP contribution in [0.15, 0.2) is 52.4 Å². The number of H-pyrrole nitrogens is 1. The number of phenols is 1. The Morgan fingerprint density at radius 1 is 1.25 bits per heavy atom. The highest BCUT2D eigenvalue weighted by molar-refractivity contribution is 6.02. The first-order valence-corrected chi connectivity index (χ1v) is 7.65. The van der Waals surface area contributed by atoms with Crippen molar-refractivity contribution in [2.24, 2.45) is 5.10 Å². The number of hydrogen-bond acceptors (Lipinski definition) is 5. The van der Waals surface area contributed by atoms with Crippen molar-refractivity contribution in [1.82, 2.24) is 9.97 Å². The van der Waals surface area contributed by atoms with E-state index in [1.807, 2.05) is 44.2 Å². The molecule has 3 rings (SSSR count). The predicted molar refractivity (Wildman–Crippen MR) is 95.8 cm³/mol. The average Bonchev–Trinajstić information content (AvgIpc) is 2.56. The standard InChI is InChI=1S/C18H18N4O2/c1-11(2)15-9-17(24)21-18(20-15)22-19-10-14-13-6-4-3-5-12(13)7-8-16(14)23/h3-11,23H,1-2H3,(H2,20,21,22,24)/b19-10-. The number of anilines is 1. The number of benzene rings is 2. The number of nitrogens with zero attached hydrogens (tertiary/aromatic N) is 2. The van der Waals surface area contributed by atoms with E-state index in [2.05, 4.69) is 20.5 Å². The summed E-state index contributed by atoms with van der Waals surface area (Å²) in [7, 11) is 0. The molecule has 3 aromatic rings. The first-order chi connectivity index (χ1) is 11.5. The van der Waals surface area contributed by atoms with Gasteiger partial charge in [0.15, 0.2) is 0 Å². The maximum Gasteiger partial charge on any atom is 0.252 e. The molecule has 6 heteroatoms. The van der Waals surface area contributed by atoms with Gasteiger partial charge in [0.25, 0.3) is 5.56 Å². The van der Waals surface area contributed by atoms with Crippen molar-refractivity contribution in [2.75, 3.05) is 5.43 Å². The van der Waals surface area contributed by atoms with Gasteiger partial charge in [-0.05, 0) is 22.8 Å². The van der Waals surface area contributed by atoms with Gasteiger partial charge in [-0.15, -0.1) is 0 Å². The zero-order valence-electron chi connectivity index (χ0n) is 13.4. The van der Waals surface area contributed by atoms with E-state index in [0.717, 1.165) is 10.8 Å². The van der Waals surface area contributed by atoms with E-state index in [0.29, 0.717) is 11.3 Å². The van der Waals surface area contributed by atoms with Gasteiger partial charge in [-0.2, -0.15) is 5.10 Å². The maximum atomic E-state index is 11.7. The van der Waals surface area contributed by atoms with Crippen molar-refractivity contribution in [3.63, 3.8) is 0 Å². The number of aromatic hydroxyl groups is 1. The molecule has 6 nitrogen and oxygen atoms in total. The maximum absolute atomic E-state index is 11.7. The number of fused-ring (bicyclic) bond motifs is 1. The van der Waals surface area contributed by atoms with Gasteiger partial charge in [-0.25, -0.2) is 10.4 Å². The van der Waals surface area contributed by atoms with Crippen LogP contribution in [0.25, 0.3) is 10.8 Å². The molecular formula is C18H18N4O2. The molecule has 0 aliphatic heterocycles. The van der Waals surface area contributed by atoms with Crippen LogP contribution in [-0.4, -0.2) is 21.3 Å². The summed E-state index contributed by atoms with van der Waals surface area (Å²) in [6.45, 7) is 3.92. The highest BCUT2D eigenvalue weighted by Gasteiger charge is 2.06. The predicted octanol–water partition coefficient (Wildman–Crippen LogP) is 3.20. The molecule has 0 fully saturated rings. The molecule has 0 aliphatic carbocycles. The summed E-state index contributed by atoms with van der Waals surface area (Å²) < 4.78 is 0. The number of hydrazone groups is 1. The molecule has 0 bridgehead atoms. The summed E-state index contributed by atoms with van der Waals surface area (Å²) >= 11 is 0. The third-order valence-corrected chi connectivity index (χ3v) is 3.66. The van der Waals surface area contributed by atoms with E-state index in [1.54, 1.807) is 6.07 Å². The third-order valence-electron chi connectivity index (χ3n) is 3.66. The Morgan fingerprint density at radius 3 is 2.83 bits per heavy atom. The van der Waals surface area contributed by atoms with Gasteiger partial charge in [0.1, 0.15) is 5.75 Å². The van der Waals surface area contributed by atoms with Crippen molar-refractivity contribution in [3.05, 3.63) is 64.1 Å². The quantitative estimate of drug-likeness (QED) is 0.508. The highest BCUT2D eigenvalue weighted by atomic mass is 16.3. The molecule has 0 spiro atoms. The number of rotatable bonds is 4. The molecule has 24 heavy (non-hydrogen) atoms. The smallest absolute Gasteiger partial charge is 0.252 e. The molecule has 0 radical (unpaired) electrons. The minimum Gasteiger partial charge on any atom is -0.507 e. The van der Waals surface area contributed by atoms with Gasteiger partial charge in [0.2, 0.25) is 5.95 Å². The molecule has 0 saturated carbocycles. The summed E-state index contributed by atoms with van der Waals surface area (Å²) in [6.07, 6.45) is 1.51. The highest BCUT2D eigenvalue weighted by Crippen LogP contribution is 2.25. The summed E-state index contributed by atoms with van der Waals surface area (Å²) in [5.74, 6) is 0.540. The second kappa shape index (κ2) is 6.54. The monoisotopic (exact) mass is 322 g/mol. The van der Waals surface area contributed by atoms with Crippen LogP contribution in [0, 0.1) is 0 Å². The van der Waals surface area contributed by atoms with E-state index in [4.69, 9.17) is 0 Å². The van der Waals surface area contributed by atoms with Crippen LogP contribution in [0.5, 0.6) is 5.75 Å². The van der Waals surface area contributed by atoms with Gasteiger partial charge in [-0.3, -0.25) is 9.78 Å². The molecule has 122 valence electrons. The Kier molecular flexibility index (Phi) is 4.29. The minimum atomic E-state index is -0.237. The van der Waals surface area contributed by atoms with Crippen LogP contribution in [-0.2, 0) is 0 Å². The normalized spacial score (nSPS) is 11.5. The number of hydrogen-bond donors (Lipinski definition) is 3. The lowest BCUT2D eigenvalue weighted by atomic mass is 10.0. The average molecular weight is 322 g/mol. The van der Waals surface area contributed by atoms with Gasteiger partial charge < -0.3 is 5.11 Å². The van der Waals surface area contributed by atoms with Crippen LogP contribution in [0.1, 0.15) is 31.0 Å². The van der Waals surface area contributed by atoms with Gasteiger partial charge in [-0.1, -0.05) is 44.2 Å². The Morgan fingerprint density at radius 2 is 2.04 bits per heavy atom. The topological polar surface area (TPSA) is 90.4 Å². The summed E-state index contributed by atoms with van der Waals surface area (Å²) in [5, 5.41) is 16.1. The molecule has 0 saturated heterocycles. The fourth-order valence-corrected chi connectivity index (χ4v) is 2.40. The SMILES string of the molecule is CC(C)c1cc(=O)[nH]c(N/N=C\c2c(O)ccc3ccccc23)n1.